The number of benzene rings is 3. The maximum absolute atomic E-state index is 5.49. The predicted molar refractivity (Wildman–Crippen MR) is 104 cm³/mol. The fraction of sp³-hybridized carbons (Fsp3) is 0.100. The van der Waals surface area contributed by atoms with E-state index >= 15 is 0 Å². The summed E-state index contributed by atoms with van der Waals surface area (Å²) in [4.78, 5) is 0.858. The number of nitrogens with zero attached hydrogens (tertiary/aromatic N) is 3. The first-order valence-electron chi connectivity index (χ1n) is 7.95. The van der Waals surface area contributed by atoms with Crippen molar-refractivity contribution >= 4 is 38.5 Å². The Bertz CT molecular complexity index is 1150. The minimum atomic E-state index is 0.790. The van der Waals surface area contributed by atoms with Crippen LogP contribution in [0, 0.1) is 0 Å². The zero-order valence-corrected chi connectivity index (χ0v) is 14.8. The number of hydrogen-bond donors (Lipinski definition) is 0. The third-order valence-electron chi connectivity index (χ3n) is 4.20. The van der Waals surface area contributed by atoms with Crippen molar-refractivity contribution in [3.8, 4) is 5.75 Å². The molecule has 0 saturated heterocycles. The Morgan fingerprint density at radius 2 is 1.80 bits per heavy atom. The second-order valence-electron chi connectivity index (χ2n) is 5.66. The van der Waals surface area contributed by atoms with Crippen LogP contribution in [0.25, 0.3) is 21.0 Å². The molecular formula is C20H17N3OS. The van der Waals surface area contributed by atoms with Crippen LogP contribution in [0.1, 0.15) is 5.56 Å². The van der Waals surface area contributed by atoms with Crippen molar-refractivity contribution in [2.45, 2.75) is 0 Å². The van der Waals surface area contributed by atoms with Gasteiger partial charge in [-0.2, -0.15) is 5.10 Å². The molecule has 1 aromatic heterocycles. The van der Waals surface area contributed by atoms with Gasteiger partial charge in [0.2, 0.25) is 4.80 Å². The first-order valence-corrected chi connectivity index (χ1v) is 8.77. The summed E-state index contributed by atoms with van der Waals surface area (Å²) < 4.78 is 8.74. The fourth-order valence-electron chi connectivity index (χ4n) is 2.90. The second-order valence-corrected chi connectivity index (χ2v) is 6.67. The standard InChI is InChI=1S/C20H17N3OS/c1-23-17-9-5-6-10-19(17)25-20(23)22-21-13-16-15-8-4-3-7-14(15)11-12-18(16)24-2/h3-13H,1-2H3/b21-13?,22-20-. The Morgan fingerprint density at radius 1 is 1.00 bits per heavy atom. The average molecular weight is 347 g/mol. The van der Waals surface area contributed by atoms with Crippen LogP contribution in [0.3, 0.4) is 0 Å². The highest BCUT2D eigenvalue weighted by Crippen LogP contribution is 2.26. The number of ether oxygens (including phenoxy) is 1. The van der Waals surface area contributed by atoms with Crippen molar-refractivity contribution in [2.75, 3.05) is 7.11 Å². The van der Waals surface area contributed by atoms with E-state index in [9.17, 15) is 0 Å². The highest BCUT2D eigenvalue weighted by molar-refractivity contribution is 7.16. The summed E-state index contributed by atoms with van der Waals surface area (Å²) >= 11 is 1.62. The van der Waals surface area contributed by atoms with Crippen LogP contribution in [-0.2, 0) is 7.05 Å². The Balaban J connectivity index is 1.81. The van der Waals surface area contributed by atoms with Gasteiger partial charge in [0.1, 0.15) is 5.75 Å². The van der Waals surface area contributed by atoms with Gasteiger partial charge in [-0.05, 0) is 29.0 Å². The van der Waals surface area contributed by atoms with Crippen LogP contribution < -0.4 is 9.54 Å². The van der Waals surface area contributed by atoms with Crippen molar-refractivity contribution in [3.63, 3.8) is 0 Å². The minimum Gasteiger partial charge on any atom is -0.496 e. The van der Waals surface area contributed by atoms with E-state index in [0.29, 0.717) is 0 Å². The molecule has 4 aromatic rings. The van der Waals surface area contributed by atoms with Gasteiger partial charge in [0.05, 0.1) is 23.5 Å². The Morgan fingerprint density at radius 3 is 2.64 bits per heavy atom. The first-order chi connectivity index (χ1) is 12.3. The monoisotopic (exact) mass is 347 g/mol. The van der Waals surface area contributed by atoms with Crippen LogP contribution in [0.2, 0.25) is 0 Å². The molecule has 0 atom stereocenters. The molecule has 0 N–H and O–H groups in total. The predicted octanol–water partition coefficient (Wildman–Crippen LogP) is 4.34. The summed E-state index contributed by atoms with van der Waals surface area (Å²) in [6.45, 7) is 0. The van der Waals surface area contributed by atoms with Gasteiger partial charge in [-0.15, -0.1) is 5.10 Å². The number of aryl methyl sites for hydroxylation is 1. The molecule has 0 fully saturated rings. The summed E-state index contributed by atoms with van der Waals surface area (Å²) in [5.74, 6) is 0.790. The summed E-state index contributed by atoms with van der Waals surface area (Å²) in [5, 5.41) is 11.0. The molecule has 4 rings (SSSR count). The quantitative estimate of drug-likeness (QED) is 0.401. The lowest BCUT2D eigenvalue weighted by molar-refractivity contribution is 0.415. The van der Waals surface area contributed by atoms with E-state index in [-0.39, 0.29) is 0 Å². The van der Waals surface area contributed by atoms with Crippen molar-refractivity contribution < 1.29 is 4.74 Å². The Kier molecular flexibility index (Phi) is 4.07. The molecule has 124 valence electrons. The third-order valence-corrected chi connectivity index (χ3v) is 5.30. The molecule has 1 heterocycles. The third kappa shape index (κ3) is 2.83. The van der Waals surface area contributed by atoms with Crippen molar-refractivity contribution in [3.05, 3.63) is 71.0 Å². The second kappa shape index (κ2) is 6.53. The van der Waals surface area contributed by atoms with Gasteiger partial charge in [-0.25, -0.2) is 0 Å². The molecule has 0 unspecified atom stereocenters. The number of para-hydroxylation sites is 1. The van der Waals surface area contributed by atoms with Crippen molar-refractivity contribution in [1.29, 1.82) is 0 Å². The summed E-state index contributed by atoms with van der Waals surface area (Å²) in [6, 6.07) is 20.4. The van der Waals surface area contributed by atoms with E-state index in [1.807, 2.05) is 37.4 Å². The molecule has 0 aliphatic rings. The lowest BCUT2D eigenvalue weighted by Gasteiger charge is -2.07. The van der Waals surface area contributed by atoms with Crippen LogP contribution in [-0.4, -0.2) is 17.9 Å². The van der Waals surface area contributed by atoms with Gasteiger partial charge in [0.15, 0.2) is 0 Å². The maximum atomic E-state index is 5.49. The highest BCUT2D eigenvalue weighted by Gasteiger charge is 2.06. The lowest BCUT2D eigenvalue weighted by Crippen LogP contribution is -2.08. The number of aromatic nitrogens is 1. The molecule has 0 amide bonds. The van der Waals surface area contributed by atoms with Gasteiger partial charge in [0, 0.05) is 12.6 Å². The number of hydrogen-bond acceptors (Lipinski definition) is 4. The SMILES string of the molecule is COc1ccc2ccccc2c1C=N/N=c1\sc2ccccc2n1C. The van der Waals surface area contributed by atoms with Crippen LogP contribution in [0.5, 0.6) is 5.75 Å². The molecular weight excluding hydrogens is 330 g/mol. The number of thiazole rings is 1. The van der Waals surface area contributed by atoms with Crippen molar-refractivity contribution in [1.82, 2.24) is 4.57 Å². The minimum absolute atomic E-state index is 0.790. The zero-order valence-electron chi connectivity index (χ0n) is 14.0. The van der Waals surface area contributed by atoms with Crippen LogP contribution in [0.15, 0.2) is 70.9 Å². The van der Waals surface area contributed by atoms with E-state index in [4.69, 9.17) is 4.74 Å². The van der Waals surface area contributed by atoms with Crippen LogP contribution >= 0.6 is 11.3 Å². The molecule has 0 bridgehead atoms. The lowest BCUT2D eigenvalue weighted by atomic mass is 10.0. The summed E-state index contributed by atoms with van der Waals surface area (Å²) in [5.41, 5.74) is 2.09. The largest absolute Gasteiger partial charge is 0.496 e. The van der Waals surface area contributed by atoms with E-state index in [1.54, 1.807) is 24.7 Å². The highest BCUT2D eigenvalue weighted by atomic mass is 32.1. The van der Waals surface area contributed by atoms with Gasteiger partial charge in [0.25, 0.3) is 0 Å². The Labute approximate surface area is 149 Å². The van der Waals surface area contributed by atoms with Gasteiger partial charge in [-0.3, -0.25) is 0 Å². The van der Waals surface area contributed by atoms with Gasteiger partial charge in [-0.1, -0.05) is 53.8 Å². The van der Waals surface area contributed by atoms with Gasteiger partial charge < -0.3 is 9.30 Å². The average Bonchev–Trinajstić information content (AvgIpc) is 2.98. The molecule has 0 saturated carbocycles. The normalized spacial score (nSPS) is 12.5. The molecule has 0 radical (unpaired) electrons. The number of methoxy groups -OCH3 is 1. The van der Waals surface area contributed by atoms with E-state index in [1.165, 1.54) is 4.70 Å². The van der Waals surface area contributed by atoms with Crippen molar-refractivity contribution in [2.24, 2.45) is 17.3 Å². The fourth-order valence-corrected chi connectivity index (χ4v) is 3.88. The van der Waals surface area contributed by atoms with E-state index in [2.05, 4.69) is 45.1 Å². The summed E-state index contributed by atoms with van der Waals surface area (Å²) in [7, 11) is 3.68. The van der Waals surface area contributed by atoms with E-state index < -0.39 is 0 Å². The topological polar surface area (TPSA) is 38.9 Å². The molecule has 0 aliphatic carbocycles. The maximum Gasteiger partial charge on any atom is 0.211 e. The Hall–Kier alpha value is -2.92. The molecule has 4 nitrogen and oxygen atoms in total. The smallest absolute Gasteiger partial charge is 0.211 e. The number of fused-ring (bicyclic) bond motifs is 2. The molecule has 0 aliphatic heterocycles. The zero-order chi connectivity index (χ0) is 17.2. The molecule has 0 spiro atoms. The number of rotatable bonds is 3. The molecule has 5 heteroatoms. The van der Waals surface area contributed by atoms with Crippen LogP contribution in [0.4, 0.5) is 0 Å². The first kappa shape index (κ1) is 15.6. The summed E-state index contributed by atoms with van der Waals surface area (Å²) in [6.07, 6.45) is 1.77. The van der Waals surface area contributed by atoms with E-state index in [0.717, 1.165) is 32.4 Å². The molecule has 3 aromatic carbocycles. The van der Waals surface area contributed by atoms with Gasteiger partial charge >= 0.3 is 0 Å². The molecule has 25 heavy (non-hydrogen) atoms.